The average Bonchev–Trinajstić information content (AvgIpc) is 3.05. The number of hydrogen-bond acceptors (Lipinski definition) is 2. The van der Waals surface area contributed by atoms with Crippen molar-refractivity contribution in [2.75, 3.05) is 20.1 Å². The second-order valence-corrected chi connectivity index (χ2v) is 4.59. The van der Waals surface area contributed by atoms with E-state index in [4.69, 9.17) is 0 Å². The van der Waals surface area contributed by atoms with Crippen LogP contribution in [-0.4, -0.2) is 31.1 Å². The lowest BCUT2D eigenvalue weighted by Crippen LogP contribution is -2.30. The zero-order valence-corrected chi connectivity index (χ0v) is 9.75. The molecule has 2 rings (SSSR count). The zero-order valence-electron chi connectivity index (χ0n) is 9.75. The summed E-state index contributed by atoms with van der Waals surface area (Å²) in [7, 11) is 2.10. The molecule has 2 nitrogen and oxygen atoms in total. The summed E-state index contributed by atoms with van der Waals surface area (Å²) in [6.07, 6.45) is 2.67. The van der Waals surface area contributed by atoms with Gasteiger partial charge in [-0.25, -0.2) is 4.39 Å². The molecule has 0 aliphatic heterocycles. The fourth-order valence-corrected chi connectivity index (χ4v) is 1.73. The molecule has 1 saturated carbocycles. The third kappa shape index (κ3) is 3.91. The summed E-state index contributed by atoms with van der Waals surface area (Å²) in [6, 6.07) is 7.51. The van der Waals surface area contributed by atoms with Gasteiger partial charge in [0.05, 0.1) is 0 Å². The minimum Gasteiger partial charge on any atom is -0.313 e. The number of rotatable bonds is 6. The maximum absolute atomic E-state index is 12.7. The Morgan fingerprint density at radius 1 is 1.31 bits per heavy atom. The number of nitrogens with one attached hydrogen (secondary N) is 1. The van der Waals surface area contributed by atoms with Crippen LogP contribution in [0.3, 0.4) is 0 Å². The Labute approximate surface area is 96.5 Å². The molecule has 0 bridgehead atoms. The lowest BCUT2D eigenvalue weighted by Gasteiger charge is -2.16. The predicted octanol–water partition coefficient (Wildman–Crippen LogP) is 2.01. The fraction of sp³-hybridized carbons (Fsp3) is 0.538. The molecule has 1 fully saturated rings. The van der Waals surface area contributed by atoms with Gasteiger partial charge in [-0.05, 0) is 37.6 Å². The van der Waals surface area contributed by atoms with Crippen LogP contribution in [0.2, 0.25) is 0 Å². The molecule has 88 valence electrons. The number of nitrogens with zero attached hydrogens (tertiary/aromatic N) is 1. The van der Waals surface area contributed by atoms with Gasteiger partial charge < -0.3 is 10.2 Å². The predicted molar refractivity (Wildman–Crippen MR) is 63.8 cm³/mol. The van der Waals surface area contributed by atoms with Crippen molar-refractivity contribution in [2.24, 2.45) is 0 Å². The standard InChI is InChI=1S/C13H19FN2/c1-16(9-8-15-13-6-7-13)10-11-2-4-12(14)5-3-11/h2-5,13,15H,6-10H2,1H3. The van der Waals surface area contributed by atoms with Gasteiger partial charge in [0.15, 0.2) is 0 Å². The maximum Gasteiger partial charge on any atom is 0.123 e. The topological polar surface area (TPSA) is 15.3 Å². The molecule has 3 heteroatoms. The molecule has 1 aromatic rings. The van der Waals surface area contributed by atoms with Crippen LogP contribution in [0.1, 0.15) is 18.4 Å². The molecule has 0 unspecified atom stereocenters. The van der Waals surface area contributed by atoms with Gasteiger partial charge in [-0.15, -0.1) is 0 Å². The van der Waals surface area contributed by atoms with Crippen LogP contribution in [0.25, 0.3) is 0 Å². The van der Waals surface area contributed by atoms with Crippen LogP contribution in [0.15, 0.2) is 24.3 Å². The molecule has 0 spiro atoms. The summed E-state index contributed by atoms with van der Waals surface area (Å²) >= 11 is 0. The summed E-state index contributed by atoms with van der Waals surface area (Å²) in [5.74, 6) is -0.165. The lowest BCUT2D eigenvalue weighted by atomic mass is 10.2. The van der Waals surface area contributed by atoms with Gasteiger partial charge in [0.2, 0.25) is 0 Å². The number of likely N-dealkylation sites (N-methyl/N-ethyl adjacent to an activating group) is 1. The molecular weight excluding hydrogens is 203 g/mol. The Kier molecular flexibility index (Phi) is 3.91. The molecule has 0 radical (unpaired) electrons. The molecule has 0 aromatic heterocycles. The number of benzene rings is 1. The molecule has 16 heavy (non-hydrogen) atoms. The van der Waals surface area contributed by atoms with Crippen molar-refractivity contribution in [3.63, 3.8) is 0 Å². The molecule has 0 atom stereocenters. The van der Waals surface area contributed by atoms with Crippen molar-refractivity contribution in [1.82, 2.24) is 10.2 Å². The van der Waals surface area contributed by atoms with Crippen molar-refractivity contribution in [3.8, 4) is 0 Å². The van der Waals surface area contributed by atoms with Gasteiger partial charge in [0.1, 0.15) is 5.82 Å². The van der Waals surface area contributed by atoms with E-state index < -0.39 is 0 Å². The highest BCUT2D eigenvalue weighted by atomic mass is 19.1. The van der Waals surface area contributed by atoms with E-state index in [1.54, 1.807) is 0 Å². The summed E-state index contributed by atoms with van der Waals surface area (Å²) in [5.41, 5.74) is 1.16. The van der Waals surface area contributed by atoms with Crippen LogP contribution in [-0.2, 0) is 6.54 Å². The van der Waals surface area contributed by atoms with Crippen molar-refractivity contribution >= 4 is 0 Å². The fourth-order valence-electron chi connectivity index (χ4n) is 1.73. The van der Waals surface area contributed by atoms with Gasteiger partial charge in [-0.3, -0.25) is 0 Å². The van der Waals surface area contributed by atoms with E-state index in [9.17, 15) is 4.39 Å². The smallest absolute Gasteiger partial charge is 0.123 e. The average molecular weight is 222 g/mol. The molecule has 1 aromatic carbocycles. The first-order valence-corrected chi connectivity index (χ1v) is 5.90. The van der Waals surface area contributed by atoms with Crippen molar-refractivity contribution < 1.29 is 4.39 Å². The zero-order chi connectivity index (χ0) is 11.4. The number of halogens is 1. The quantitative estimate of drug-likeness (QED) is 0.792. The van der Waals surface area contributed by atoms with Crippen molar-refractivity contribution in [3.05, 3.63) is 35.6 Å². The van der Waals surface area contributed by atoms with Crippen molar-refractivity contribution in [1.29, 1.82) is 0 Å². The van der Waals surface area contributed by atoms with E-state index in [-0.39, 0.29) is 5.82 Å². The first kappa shape index (κ1) is 11.6. The van der Waals surface area contributed by atoms with E-state index in [0.29, 0.717) is 0 Å². The summed E-state index contributed by atoms with van der Waals surface area (Å²) in [6.45, 7) is 2.96. The Morgan fingerprint density at radius 2 is 2.00 bits per heavy atom. The molecule has 0 saturated heterocycles. The van der Waals surface area contributed by atoms with Crippen LogP contribution < -0.4 is 5.32 Å². The Bertz CT molecular complexity index is 319. The maximum atomic E-state index is 12.7. The highest BCUT2D eigenvalue weighted by molar-refractivity contribution is 5.15. The third-order valence-corrected chi connectivity index (χ3v) is 2.87. The second-order valence-electron chi connectivity index (χ2n) is 4.59. The molecule has 1 aliphatic carbocycles. The van der Waals surface area contributed by atoms with Crippen LogP contribution in [0, 0.1) is 5.82 Å². The van der Waals surface area contributed by atoms with E-state index in [1.807, 2.05) is 12.1 Å². The van der Waals surface area contributed by atoms with Gasteiger partial charge in [0.25, 0.3) is 0 Å². The highest BCUT2D eigenvalue weighted by Crippen LogP contribution is 2.18. The first-order chi connectivity index (χ1) is 7.74. The van der Waals surface area contributed by atoms with Gasteiger partial charge in [0, 0.05) is 25.7 Å². The van der Waals surface area contributed by atoms with Crippen LogP contribution in [0.5, 0.6) is 0 Å². The third-order valence-electron chi connectivity index (χ3n) is 2.87. The molecule has 0 heterocycles. The number of hydrogen-bond donors (Lipinski definition) is 1. The highest BCUT2D eigenvalue weighted by Gasteiger charge is 2.19. The minimum atomic E-state index is -0.165. The monoisotopic (exact) mass is 222 g/mol. The SMILES string of the molecule is CN(CCNC1CC1)Cc1ccc(F)cc1. The normalized spacial score (nSPS) is 15.7. The Hall–Kier alpha value is -0.930. The first-order valence-electron chi connectivity index (χ1n) is 5.90. The molecule has 0 amide bonds. The van der Waals surface area contributed by atoms with Crippen molar-refractivity contribution in [2.45, 2.75) is 25.4 Å². The molecule has 1 N–H and O–H groups in total. The summed E-state index contributed by atoms with van der Waals surface area (Å²) in [5, 5.41) is 3.48. The Morgan fingerprint density at radius 3 is 2.62 bits per heavy atom. The van der Waals surface area contributed by atoms with Gasteiger partial charge in [-0.1, -0.05) is 12.1 Å². The molecular formula is C13H19FN2. The summed E-state index contributed by atoms with van der Waals surface area (Å²) < 4.78 is 12.7. The van der Waals surface area contributed by atoms with E-state index in [2.05, 4.69) is 17.3 Å². The lowest BCUT2D eigenvalue weighted by molar-refractivity contribution is 0.324. The van der Waals surface area contributed by atoms with E-state index in [0.717, 1.165) is 31.2 Å². The second kappa shape index (κ2) is 5.41. The van der Waals surface area contributed by atoms with Gasteiger partial charge in [-0.2, -0.15) is 0 Å². The van der Waals surface area contributed by atoms with Crippen LogP contribution in [0.4, 0.5) is 4.39 Å². The van der Waals surface area contributed by atoms with Gasteiger partial charge >= 0.3 is 0 Å². The van der Waals surface area contributed by atoms with E-state index in [1.165, 1.54) is 25.0 Å². The Balaban J connectivity index is 1.68. The van der Waals surface area contributed by atoms with Crippen LogP contribution >= 0.6 is 0 Å². The molecule has 1 aliphatic rings. The minimum absolute atomic E-state index is 0.165. The summed E-state index contributed by atoms with van der Waals surface area (Å²) in [4.78, 5) is 2.25. The van der Waals surface area contributed by atoms with E-state index >= 15 is 0 Å². The largest absolute Gasteiger partial charge is 0.313 e.